The monoisotopic (exact) mass is 301 g/mol. The van der Waals surface area contributed by atoms with Crippen LogP contribution in [0.1, 0.15) is 20.3 Å². The van der Waals surface area contributed by atoms with Crippen LogP contribution in [-0.4, -0.2) is 18.8 Å². The highest BCUT2D eigenvalue weighted by atomic mass is 79.9. The Morgan fingerprint density at radius 3 is 2.50 bits per heavy atom. The molecule has 0 aliphatic carbocycles. The molecule has 1 rings (SSSR count). The van der Waals surface area contributed by atoms with Crippen molar-refractivity contribution in [2.75, 3.05) is 18.8 Å². The Morgan fingerprint density at radius 2 is 1.88 bits per heavy atom. The fourth-order valence-corrected chi connectivity index (χ4v) is 2.36. The Kier molecular flexibility index (Phi) is 7.17. The van der Waals surface area contributed by atoms with Crippen molar-refractivity contribution in [3.8, 4) is 0 Å². The van der Waals surface area contributed by atoms with Crippen LogP contribution >= 0.6 is 27.7 Å². The van der Waals surface area contributed by atoms with Gasteiger partial charge in [-0.05, 0) is 43.1 Å². The summed E-state index contributed by atoms with van der Waals surface area (Å²) < 4.78 is 1.15. The van der Waals surface area contributed by atoms with Crippen molar-refractivity contribution in [1.29, 1.82) is 0 Å². The van der Waals surface area contributed by atoms with Crippen LogP contribution in [0.25, 0.3) is 0 Å². The first kappa shape index (κ1) is 14.1. The van der Waals surface area contributed by atoms with E-state index in [0.29, 0.717) is 0 Å². The summed E-state index contributed by atoms with van der Waals surface area (Å²) in [7, 11) is 0. The van der Waals surface area contributed by atoms with E-state index in [0.717, 1.165) is 29.2 Å². The number of hydrogen-bond donors (Lipinski definition) is 1. The van der Waals surface area contributed by atoms with Gasteiger partial charge in [-0.3, -0.25) is 0 Å². The lowest BCUT2D eigenvalue weighted by Crippen LogP contribution is -2.19. The fraction of sp³-hybridized carbons (Fsp3) is 0.538. The van der Waals surface area contributed by atoms with Crippen molar-refractivity contribution in [1.82, 2.24) is 5.32 Å². The maximum absolute atomic E-state index is 3.47. The minimum absolute atomic E-state index is 0.798. The number of nitrogens with one attached hydrogen (secondary N) is 1. The third-order valence-electron chi connectivity index (χ3n) is 2.26. The maximum atomic E-state index is 3.47. The van der Waals surface area contributed by atoms with Gasteiger partial charge in [-0.2, -0.15) is 0 Å². The lowest BCUT2D eigenvalue weighted by atomic mass is 10.1. The van der Waals surface area contributed by atoms with Gasteiger partial charge in [0.05, 0.1) is 0 Å². The van der Waals surface area contributed by atoms with Gasteiger partial charge < -0.3 is 5.32 Å². The summed E-state index contributed by atoms with van der Waals surface area (Å²) in [6, 6.07) is 8.49. The Morgan fingerprint density at radius 1 is 1.19 bits per heavy atom. The first-order valence-corrected chi connectivity index (χ1v) is 7.55. The largest absolute Gasteiger partial charge is 0.316 e. The lowest BCUT2D eigenvalue weighted by molar-refractivity contribution is 0.547. The number of halogens is 1. The topological polar surface area (TPSA) is 12.0 Å². The highest BCUT2D eigenvalue weighted by Crippen LogP contribution is 2.19. The lowest BCUT2D eigenvalue weighted by Gasteiger charge is -2.06. The predicted octanol–water partition coefficient (Wildman–Crippen LogP) is 4.18. The molecule has 16 heavy (non-hydrogen) atoms. The zero-order valence-electron chi connectivity index (χ0n) is 10.0. The second-order valence-corrected chi connectivity index (χ2v) is 6.32. The highest BCUT2D eigenvalue weighted by molar-refractivity contribution is 9.10. The average molecular weight is 302 g/mol. The van der Waals surface area contributed by atoms with E-state index in [1.54, 1.807) is 0 Å². The van der Waals surface area contributed by atoms with Gasteiger partial charge in [0.1, 0.15) is 0 Å². The van der Waals surface area contributed by atoms with Gasteiger partial charge in [0.25, 0.3) is 0 Å². The fourth-order valence-electron chi connectivity index (χ4n) is 1.29. The summed E-state index contributed by atoms with van der Waals surface area (Å²) in [6.45, 7) is 6.75. The third-order valence-corrected chi connectivity index (χ3v) is 3.80. The molecule has 0 aliphatic rings. The Balaban J connectivity index is 2.05. The van der Waals surface area contributed by atoms with Gasteiger partial charge in [-0.25, -0.2) is 0 Å². The molecule has 90 valence electrons. The average Bonchev–Trinajstić information content (AvgIpc) is 2.25. The molecule has 0 aliphatic heterocycles. The molecule has 1 N–H and O–H groups in total. The van der Waals surface area contributed by atoms with Gasteiger partial charge in [0.15, 0.2) is 0 Å². The van der Waals surface area contributed by atoms with Crippen molar-refractivity contribution in [3.05, 3.63) is 28.7 Å². The van der Waals surface area contributed by atoms with E-state index in [1.807, 2.05) is 11.8 Å². The van der Waals surface area contributed by atoms with Gasteiger partial charge in [-0.15, -0.1) is 11.8 Å². The smallest absolute Gasteiger partial charge is 0.0176 e. The summed E-state index contributed by atoms with van der Waals surface area (Å²) >= 11 is 5.34. The standard InChI is InChI=1S/C13H20BrNS/c1-11(2)7-8-15-9-10-16-13-5-3-12(14)4-6-13/h3-6,11,15H,7-10H2,1-2H3. The van der Waals surface area contributed by atoms with Crippen LogP contribution in [0.3, 0.4) is 0 Å². The van der Waals surface area contributed by atoms with E-state index in [1.165, 1.54) is 11.3 Å². The van der Waals surface area contributed by atoms with Gasteiger partial charge in [0.2, 0.25) is 0 Å². The Hall–Kier alpha value is 0.01000. The zero-order chi connectivity index (χ0) is 11.8. The summed E-state index contributed by atoms with van der Waals surface area (Å²) in [5, 5.41) is 3.47. The second kappa shape index (κ2) is 8.15. The summed E-state index contributed by atoms with van der Waals surface area (Å²) in [5.41, 5.74) is 0. The molecule has 0 bridgehead atoms. The molecule has 0 amide bonds. The summed E-state index contributed by atoms with van der Waals surface area (Å²) in [5.74, 6) is 1.94. The van der Waals surface area contributed by atoms with Crippen LogP contribution in [0.15, 0.2) is 33.6 Å². The number of rotatable bonds is 7. The SMILES string of the molecule is CC(C)CCNCCSc1ccc(Br)cc1. The maximum Gasteiger partial charge on any atom is 0.0176 e. The van der Waals surface area contributed by atoms with E-state index in [9.17, 15) is 0 Å². The van der Waals surface area contributed by atoms with Gasteiger partial charge in [0, 0.05) is 21.7 Å². The van der Waals surface area contributed by atoms with Crippen LogP contribution in [0.4, 0.5) is 0 Å². The first-order chi connectivity index (χ1) is 7.68. The molecule has 3 heteroatoms. The van der Waals surface area contributed by atoms with Crippen molar-refractivity contribution >= 4 is 27.7 Å². The molecule has 0 radical (unpaired) electrons. The molecular formula is C13H20BrNS. The molecule has 1 nitrogen and oxygen atoms in total. The van der Waals surface area contributed by atoms with Crippen LogP contribution in [0.5, 0.6) is 0 Å². The minimum Gasteiger partial charge on any atom is -0.316 e. The molecule has 0 spiro atoms. The van der Waals surface area contributed by atoms with E-state index < -0.39 is 0 Å². The molecule has 1 aromatic rings. The van der Waals surface area contributed by atoms with Crippen molar-refractivity contribution in [3.63, 3.8) is 0 Å². The molecule has 0 heterocycles. The molecule has 0 fully saturated rings. The predicted molar refractivity (Wildman–Crippen MR) is 77.2 cm³/mol. The molecular weight excluding hydrogens is 282 g/mol. The van der Waals surface area contributed by atoms with Crippen LogP contribution in [-0.2, 0) is 0 Å². The Bertz CT molecular complexity index is 284. The van der Waals surface area contributed by atoms with E-state index in [4.69, 9.17) is 0 Å². The number of hydrogen-bond acceptors (Lipinski definition) is 2. The van der Waals surface area contributed by atoms with Crippen molar-refractivity contribution in [2.24, 2.45) is 5.92 Å². The summed E-state index contributed by atoms with van der Waals surface area (Å²) in [4.78, 5) is 1.34. The number of benzene rings is 1. The highest BCUT2D eigenvalue weighted by Gasteiger charge is 1.95. The second-order valence-electron chi connectivity index (χ2n) is 4.23. The molecule has 1 aromatic carbocycles. The number of thioether (sulfide) groups is 1. The van der Waals surface area contributed by atoms with Crippen LogP contribution in [0, 0.1) is 5.92 Å². The van der Waals surface area contributed by atoms with Crippen molar-refractivity contribution in [2.45, 2.75) is 25.2 Å². The van der Waals surface area contributed by atoms with Crippen molar-refractivity contribution < 1.29 is 0 Å². The Labute approximate surface area is 112 Å². The third kappa shape index (κ3) is 6.56. The zero-order valence-corrected chi connectivity index (χ0v) is 12.4. The molecule has 0 atom stereocenters. The molecule has 0 aromatic heterocycles. The van der Waals surface area contributed by atoms with E-state index >= 15 is 0 Å². The van der Waals surface area contributed by atoms with E-state index in [-0.39, 0.29) is 0 Å². The van der Waals surface area contributed by atoms with Crippen LogP contribution in [0.2, 0.25) is 0 Å². The minimum atomic E-state index is 0.798. The quantitative estimate of drug-likeness (QED) is 0.599. The van der Waals surface area contributed by atoms with Gasteiger partial charge >= 0.3 is 0 Å². The molecule has 0 saturated carbocycles. The summed E-state index contributed by atoms with van der Waals surface area (Å²) in [6.07, 6.45) is 1.27. The van der Waals surface area contributed by atoms with E-state index in [2.05, 4.69) is 59.4 Å². The first-order valence-electron chi connectivity index (χ1n) is 5.77. The normalized spacial score (nSPS) is 11.0. The molecule has 0 unspecified atom stereocenters. The van der Waals surface area contributed by atoms with Gasteiger partial charge in [-0.1, -0.05) is 29.8 Å². The van der Waals surface area contributed by atoms with Crippen LogP contribution < -0.4 is 5.32 Å². The molecule has 0 saturated heterocycles.